The number of pyridine rings is 1. The molecule has 1 atom stereocenters. The summed E-state index contributed by atoms with van der Waals surface area (Å²) < 4.78 is 0. The molecule has 116 valence electrons. The Bertz CT molecular complexity index is 688. The summed E-state index contributed by atoms with van der Waals surface area (Å²) in [5.74, 6) is 0.643. The Balaban J connectivity index is 1.87. The minimum atomic E-state index is 0.116. The first kappa shape index (κ1) is 15.0. The van der Waals surface area contributed by atoms with Crippen molar-refractivity contribution < 1.29 is 4.79 Å². The Hall–Kier alpha value is -1.94. The minimum absolute atomic E-state index is 0.116. The lowest BCUT2D eigenvalue weighted by molar-refractivity contribution is 0.0683. The molecule has 0 radical (unpaired) electrons. The van der Waals surface area contributed by atoms with Crippen LogP contribution in [0.3, 0.4) is 0 Å². The SMILES string of the molecule is Cc1cc(C(=O)N2CCC(C(C)N)CC2)c2ccccc2n1. The van der Waals surface area contributed by atoms with Crippen molar-refractivity contribution in [2.24, 2.45) is 11.7 Å². The number of fused-ring (bicyclic) bond motifs is 1. The number of hydrogen-bond acceptors (Lipinski definition) is 3. The fourth-order valence-corrected chi connectivity index (χ4v) is 3.28. The predicted octanol–water partition coefficient (Wildman–Crippen LogP) is 2.74. The van der Waals surface area contributed by atoms with E-state index in [9.17, 15) is 4.79 Å². The van der Waals surface area contributed by atoms with Crippen molar-refractivity contribution >= 4 is 16.8 Å². The Labute approximate surface area is 131 Å². The molecule has 2 aromatic rings. The maximum Gasteiger partial charge on any atom is 0.254 e. The van der Waals surface area contributed by atoms with Crippen LogP contribution in [0.5, 0.6) is 0 Å². The van der Waals surface area contributed by atoms with Crippen LogP contribution in [0.2, 0.25) is 0 Å². The van der Waals surface area contributed by atoms with Crippen molar-refractivity contribution in [3.63, 3.8) is 0 Å². The van der Waals surface area contributed by atoms with Gasteiger partial charge in [0, 0.05) is 30.2 Å². The van der Waals surface area contributed by atoms with E-state index in [4.69, 9.17) is 5.73 Å². The molecule has 1 aromatic carbocycles. The third-order valence-corrected chi connectivity index (χ3v) is 4.65. The number of aryl methyl sites for hydroxylation is 1. The molecule has 1 fully saturated rings. The molecule has 4 heteroatoms. The molecule has 4 nitrogen and oxygen atoms in total. The molecule has 2 heterocycles. The van der Waals surface area contributed by atoms with E-state index in [2.05, 4.69) is 11.9 Å². The number of likely N-dealkylation sites (tertiary alicyclic amines) is 1. The van der Waals surface area contributed by atoms with Gasteiger partial charge in [-0.15, -0.1) is 0 Å². The van der Waals surface area contributed by atoms with Crippen LogP contribution in [0.15, 0.2) is 30.3 Å². The predicted molar refractivity (Wildman–Crippen MR) is 88.8 cm³/mol. The van der Waals surface area contributed by atoms with E-state index in [0.717, 1.165) is 48.1 Å². The lowest BCUT2D eigenvalue weighted by atomic mass is 9.90. The fourth-order valence-electron chi connectivity index (χ4n) is 3.28. The summed E-state index contributed by atoms with van der Waals surface area (Å²) in [6.07, 6.45) is 1.98. The first-order valence-corrected chi connectivity index (χ1v) is 7.97. The van der Waals surface area contributed by atoms with Crippen molar-refractivity contribution in [2.75, 3.05) is 13.1 Å². The first-order valence-electron chi connectivity index (χ1n) is 7.97. The molecule has 3 rings (SSSR count). The number of rotatable bonds is 2. The van der Waals surface area contributed by atoms with Gasteiger partial charge >= 0.3 is 0 Å². The molecule has 1 aliphatic rings. The van der Waals surface area contributed by atoms with Crippen molar-refractivity contribution in [3.05, 3.63) is 41.6 Å². The molecular weight excluding hydrogens is 274 g/mol. The molecule has 2 N–H and O–H groups in total. The van der Waals surface area contributed by atoms with Gasteiger partial charge < -0.3 is 10.6 Å². The Kier molecular flexibility index (Phi) is 4.12. The van der Waals surface area contributed by atoms with Crippen LogP contribution in [0, 0.1) is 12.8 Å². The van der Waals surface area contributed by atoms with E-state index >= 15 is 0 Å². The Morgan fingerprint density at radius 3 is 2.68 bits per heavy atom. The largest absolute Gasteiger partial charge is 0.339 e. The smallest absolute Gasteiger partial charge is 0.254 e. The number of amides is 1. The number of piperidine rings is 1. The van der Waals surface area contributed by atoms with Gasteiger partial charge in [0.25, 0.3) is 5.91 Å². The van der Waals surface area contributed by atoms with Crippen molar-refractivity contribution in [1.82, 2.24) is 9.88 Å². The fraction of sp³-hybridized carbons (Fsp3) is 0.444. The van der Waals surface area contributed by atoms with E-state index < -0.39 is 0 Å². The summed E-state index contributed by atoms with van der Waals surface area (Å²) in [4.78, 5) is 19.4. The highest BCUT2D eigenvalue weighted by Gasteiger charge is 2.26. The highest BCUT2D eigenvalue weighted by molar-refractivity contribution is 6.06. The zero-order chi connectivity index (χ0) is 15.7. The lowest BCUT2D eigenvalue weighted by Crippen LogP contribution is -2.42. The molecule has 1 amide bonds. The van der Waals surface area contributed by atoms with Gasteiger partial charge in [0.05, 0.1) is 11.1 Å². The number of carbonyl (C=O) groups excluding carboxylic acids is 1. The Morgan fingerprint density at radius 1 is 1.32 bits per heavy atom. The summed E-state index contributed by atoms with van der Waals surface area (Å²) in [7, 11) is 0. The van der Waals surface area contributed by atoms with E-state index in [1.165, 1.54) is 0 Å². The number of hydrogen-bond donors (Lipinski definition) is 1. The zero-order valence-electron chi connectivity index (χ0n) is 13.2. The quantitative estimate of drug-likeness (QED) is 0.927. The van der Waals surface area contributed by atoms with E-state index in [1.54, 1.807) is 0 Å². The first-order chi connectivity index (χ1) is 10.6. The number of benzene rings is 1. The van der Waals surface area contributed by atoms with E-state index in [0.29, 0.717) is 5.92 Å². The number of para-hydroxylation sites is 1. The van der Waals surface area contributed by atoms with Gasteiger partial charge in [-0.05, 0) is 44.7 Å². The zero-order valence-corrected chi connectivity index (χ0v) is 13.2. The highest BCUT2D eigenvalue weighted by Crippen LogP contribution is 2.24. The normalized spacial score (nSPS) is 17.7. The summed E-state index contributed by atoms with van der Waals surface area (Å²) in [5.41, 5.74) is 8.52. The second-order valence-corrected chi connectivity index (χ2v) is 6.32. The Morgan fingerprint density at radius 2 is 2.00 bits per heavy atom. The van der Waals surface area contributed by atoms with Gasteiger partial charge in [-0.25, -0.2) is 0 Å². The molecule has 1 aliphatic heterocycles. The number of nitrogens with zero attached hydrogens (tertiary/aromatic N) is 2. The third-order valence-electron chi connectivity index (χ3n) is 4.65. The van der Waals surface area contributed by atoms with Crippen molar-refractivity contribution in [3.8, 4) is 0 Å². The van der Waals surface area contributed by atoms with Crippen LogP contribution < -0.4 is 5.73 Å². The van der Waals surface area contributed by atoms with Gasteiger partial charge in [-0.3, -0.25) is 9.78 Å². The molecule has 0 saturated carbocycles. The molecule has 1 aromatic heterocycles. The maximum atomic E-state index is 12.9. The topological polar surface area (TPSA) is 59.2 Å². The van der Waals surface area contributed by atoms with Crippen LogP contribution >= 0.6 is 0 Å². The van der Waals surface area contributed by atoms with Crippen molar-refractivity contribution in [1.29, 1.82) is 0 Å². The summed E-state index contributed by atoms with van der Waals surface area (Å²) in [5, 5.41) is 0.937. The standard InChI is InChI=1S/C18H23N3O/c1-12-11-16(15-5-3-4-6-17(15)20-12)18(22)21-9-7-14(8-10-21)13(2)19/h3-6,11,13-14H,7-10,19H2,1-2H3. The molecule has 0 spiro atoms. The second kappa shape index (κ2) is 6.05. The van der Waals surface area contributed by atoms with Crippen LogP contribution in [0.25, 0.3) is 10.9 Å². The minimum Gasteiger partial charge on any atom is -0.339 e. The maximum absolute atomic E-state index is 12.9. The number of nitrogens with two attached hydrogens (primary N) is 1. The van der Waals surface area contributed by atoms with Gasteiger partial charge in [0.2, 0.25) is 0 Å². The summed E-state index contributed by atoms with van der Waals surface area (Å²) in [6, 6.07) is 9.96. The van der Waals surface area contributed by atoms with Crippen LogP contribution in [0.4, 0.5) is 0 Å². The molecule has 1 saturated heterocycles. The van der Waals surface area contributed by atoms with Gasteiger partial charge in [0.1, 0.15) is 0 Å². The summed E-state index contributed by atoms with van der Waals surface area (Å²) in [6.45, 7) is 5.58. The molecule has 0 bridgehead atoms. The highest BCUT2D eigenvalue weighted by atomic mass is 16.2. The molecule has 1 unspecified atom stereocenters. The van der Waals surface area contributed by atoms with Gasteiger partial charge in [0.15, 0.2) is 0 Å². The van der Waals surface area contributed by atoms with E-state index in [1.807, 2.05) is 42.2 Å². The van der Waals surface area contributed by atoms with Gasteiger partial charge in [-0.1, -0.05) is 18.2 Å². The van der Waals surface area contributed by atoms with Crippen LogP contribution in [-0.4, -0.2) is 34.9 Å². The van der Waals surface area contributed by atoms with Crippen molar-refractivity contribution in [2.45, 2.75) is 32.7 Å². The average Bonchev–Trinajstić information content (AvgIpc) is 2.53. The molecule has 22 heavy (non-hydrogen) atoms. The van der Waals surface area contributed by atoms with E-state index in [-0.39, 0.29) is 11.9 Å². The average molecular weight is 297 g/mol. The monoisotopic (exact) mass is 297 g/mol. The molecular formula is C18H23N3O. The van der Waals surface area contributed by atoms with Crippen LogP contribution in [-0.2, 0) is 0 Å². The van der Waals surface area contributed by atoms with Crippen LogP contribution in [0.1, 0.15) is 35.8 Å². The molecule has 0 aliphatic carbocycles. The number of carbonyl (C=O) groups is 1. The number of aromatic nitrogens is 1. The third kappa shape index (κ3) is 2.83. The lowest BCUT2D eigenvalue weighted by Gasteiger charge is -2.34. The second-order valence-electron chi connectivity index (χ2n) is 6.32. The summed E-state index contributed by atoms with van der Waals surface area (Å²) >= 11 is 0. The van der Waals surface area contributed by atoms with Gasteiger partial charge in [-0.2, -0.15) is 0 Å².